The van der Waals surface area contributed by atoms with Gasteiger partial charge >= 0.3 is 0 Å². The molecule has 1 aliphatic carbocycles. The summed E-state index contributed by atoms with van der Waals surface area (Å²) in [5.41, 5.74) is 2.47. The van der Waals surface area contributed by atoms with E-state index in [1.54, 1.807) is 16.1 Å². The third kappa shape index (κ3) is 4.13. The average molecular weight is 507 g/mol. The Bertz CT molecular complexity index is 1080. The minimum absolute atomic E-state index is 0.0731. The topological polar surface area (TPSA) is 58.7 Å². The van der Waals surface area contributed by atoms with Crippen molar-refractivity contribution in [1.29, 1.82) is 0 Å². The van der Waals surface area contributed by atoms with Crippen molar-refractivity contribution in [3.63, 3.8) is 0 Å². The molecule has 2 fully saturated rings. The third-order valence-corrected chi connectivity index (χ3v) is 12.4. The highest BCUT2D eigenvalue weighted by atomic mass is 32.2. The number of ether oxygens (including phenoxy) is 1. The molecule has 4 rings (SSSR count). The first-order valence-electron chi connectivity index (χ1n) is 12.9. The zero-order valence-electron chi connectivity index (χ0n) is 22.1. The Labute approximate surface area is 211 Å². The number of hydrogen-bond donors (Lipinski definition) is 0. The van der Waals surface area contributed by atoms with Crippen molar-refractivity contribution in [3.05, 3.63) is 29.3 Å². The summed E-state index contributed by atoms with van der Waals surface area (Å²) in [7, 11) is -3.35. The average Bonchev–Trinajstić information content (AvgIpc) is 3.04. The number of sulfonamides is 1. The van der Waals surface area contributed by atoms with E-state index >= 15 is 0 Å². The lowest BCUT2D eigenvalue weighted by Crippen LogP contribution is -2.39. The molecule has 0 aromatic heterocycles. The van der Waals surface area contributed by atoms with Crippen LogP contribution < -0.4 is 4.74 Å². The highest BCUT2D eigenvalue weighted by Crippen LogP contribution is 2.58. The molecule has 1 saturated carbocycles. The zero-order valence-corrected chi connectivity index (χ0v) is 23.8. The molecule has 0 bridgehead atoms. The summed E-state index contributed by atoms with van der Waals surface area (Å²) in [5.74, 6) is 0.815. The summed E-state index contributed by atoms with van der Waals surface area (Å²) < 4.78 is 35.1. The van der Waals surface area contributed by atoms with E-state index in [1.807, 2.05) is 13.8 Å². The van der Waals surface area contributed by atoms with Crippen molar-refractivity contribution in [3.8, 4) is 5.75 Å². The van der Waals surface area contributed by atoms with E-state index < -0.39 is 21.1 Å². The summed E-state index contributed by atoms with van der Waals surface area (Å²) in [4.78, 5) is 3.94. The molecule has 7 heteroatoms. The predicted molar refractivity (Wildman–Crippen MR) is 143 cm³/mol. The predicted octanol–water partition coefficient (Wildman–Crippen LogP) is 6.60. The summed E-state index contributed by atoms with van der Waals surface area (Å²) in [6.45, 7) is 17.5. The van der Waals surface area contributed by atoms with Crippen LogP contribution in [0.5, 0.6) is 5.75 Å². The van der Waals surface area contributed by atoms with E-state index in [0.29, 0.717) is 19.3 Å². The van der Waals surface area contributed by atoms with Gasteiger partial charge in [0.1, 0.15) is 5.75 Å². The van der Waals surface area contributed by atoms with Gasteiger partial charge in [-0.3, -0.25) is 4.99 Å². The molecule has 0 radical (unpaired) electrons. The normalized spacial score (nSPS) is 31.2. The van der Waals surface area contributed by atoms with Gasteiger partial charge in [0.25, 0.3) is 0 Å². The third-order valence-electron chi connectivity index (χ3n) is 8.69. The van der Waals surface area contributed by atoms with Crippen LogP contribution in [-0.2, 0) is 20.9 Å². The number of hydrogen-bond acceptors (Lipinski definition) is 5. The summed E-state index contributed by atoms with van der Waals surface area (Å²) in [5, 5.41) is 1.35. The standard InChI is InChI=1S/C27H42N2O3S2/c1-9-24(29-27(34(29,30)31)15-14-21-23(17-27)33-18(4)28-21)32-22-13-12-19(25(5,6)10-2)16-20(22)26(7,8)11-3/h12-13,16,21,23-24H,9-11,14-15,17H2,1-8H3. The van der Waals surface area contributed by atoms with Gasteiger partial charge in [-0.05, 0) is 67.9 Å². The van der Waals surface area contributed by atoms with Crippen LogP contribution in [0.15, 0.2) is 23.2 Å². The minimum Gasteiger partial charge on any atom is -0.474 e. The molecule has 5 unspecified atom stereocenters. The van der Waals surface area contributed by atoms with E-state index in [2.05, 4.69) is 59.7 Å². The van der Waals surface area contributed by atoms with E-state index in [-0.39, 0.29) is 22.1 Å². The van der Waals surface area contributed by atoms with Gasteiger partial charge in [0.2, 0.25) is 10.0 Å². The molecule has 0 amide bonds. The van der Waals surface area contributed by atoms with Crippen LogP contribution in [0.3, 0.4) is 0 Å². The number of rotatable bonds is 8. The second kappa shape index (κ2) is 8.81. The molecule has 1 aromatic rings. The van der Waals surface area contributed by atoms with Crippen molar-refractivity contribution in [2.75, 3.05) is 0 Å². The van der Waals surface area contributed by atoms with Gasteiger partial charge in [0.05, 0.1) is 11.1 Å². The molecule has 5 nitrogen and oxygen atoms in total. The maximum atomic E-state index is 13.4. The quantitative estimate of drug-likeness (QED) is 0.373. The summed E-state index contributed by atoms with van der Waals surface area (Å²) in [6, 6.07) is 6.79. The van der Waals surface area contributed by atoms with Crippen molar-refractivity contribution in [1.82, 2.24) is 4.31 Å². The number of nitrogens with zero attached hydrogens (tertiary/aromatic N) is 2. The highest BCUT2D eigenvalue weighted by molar-refractivity contribution is 8.14. The smallest absolute Gasteiger partial charge is 0.238 e. The monoisotopic (exact) mass is 506 g/mol. The second-order valence-electron chi connectivity index (χ2n) is 11.5. The molecule has 0 N–H and O–H groups in total. The molecule has 2 heterocycles. The van der Waals surface area contributed by atoms with Gasteiger partial charge in [-0.1, -0.05) is 60.6 Å². The molecule has 5 atom stereocenters. The van der Waals surface area contributed by atoms with E-state index in [9.17, 15) is 8.42 Å². The molecule has 34 heavy (non-hydrogen) atoms. The SMILES string of the molecule is CCC(Oc1ccc(C(C)(C)CC)cc1C(C)(C)CC)N1C2(CCC3N=C(C)SC3C2)S1(=O)=O. The maximum Gasteiger partial charge on any atom is 0.238 e. The first kappa shape index (κ1) is 26.0. The molecule has 2 aliphatic heterocycles. The van der Waals surface area contributed by atoms with Crippen LogP contribution in [0.1, 0.15) is 105 Å². The van der Waals surface area contributed by atoms with Gasteiger partial charge in [-0.2, -0.15) is 0 Å². The molecule has 1 spiro atoms. The number of aliphatic imine (C=N–C) groups is 1. The number of benzene rings is 1. The Morgan fingerprint density at radius 1 is 1.18 bits per heavy atom. The number of fused-ring (bicyclic) bond motifs is 1. The lowest BCUT2D eigenvalue weighted by molar-refractivity contribution is 0.0754. The van der Waals surface area contributed by atoms with Crippen LogP contribution >= 0.6 is 11.8 Å². The Hall–Kier alpha value is -1.05. The van der Waals surface area contributed by atoms with Gasteiger partial charge in [-0.15, -0.1) is 16.1 Å². The maximum absolute atomic E-state index is 13.4. The second-order valence-corrected chi connectivity index (χ2v) is 15.1. The van der Waals surface area contributed by atoms with Crippen LogP contribution in [0.25, 0.3) is 0 Å². The Balaban J connectivity index is 1.64. The van der Waals surface area contributed by atoms with Crippen molar-refractivity contribution in [2.45, 2.75) is 127 Å². The van der Waals surface area contributed by atoms with Gasteiger partial charge in [0, 0.05) is 10.8 Å². The Kier molecular flexibility index (Phi) is 6.74. The lowest BCUT2D eigenvalue weighted by atomic mass is 9.76. The Morgan fingerprint density at radius 2 is 1.85 bits per heavy atom. The van der Waals surface area contributed by atoms with Gasteiger partial charge in [0.15, 0.2) is 11.1 Å². The summed E-state index contributed by atoms with van der Waals surface area (Å²) in [6.07, 6.45) is 4.28. The number of thioether (sulfide) groups is 1. The summed E-state index contributed by atoms with van der Waals surface area (Å²) >= 11 is 1.75. The van der Waals surface area contributed by atoms with Crippen LogP contribution in [0.4, 0.5) is 0 Å². The highest BCUT2D eigenvalue weighted by Gasteiger charge is 2.74. The van der Waals surface area contributed by atoms with E-state index in [4.69, 9.17) is 9.73 Å². The first-order valence-corrected chi connectivity index (χ1v) is 15.2. The molecule has 1 aromatic carbocycles. The molecular weight excluding hydrogens is 464 g/mol. The lowest BCUT2D eigenvalue weighted by Gasteiger charge is -2.32. The van der Waals surface area contributed by atoms with Crippen LogP contribution in [-0.4, -0.2) is 40.2 Å². The minimum atomic E-state index is -3.35. The van der Waals surface area contributed by atoms with Crippen LogP contribution in [0, 0.1) is 0 Å². The van der Waals surface area contributed by atoms with Crippen molar-refractivity contribution < 1.29 is 13.2 Å². The fourth-order valence-corrected chi connectivity index (χ4v) is 9.35. The van der Waals surface area contributed by atoms with Crippen molar-refractivity contribution in [2.24, 2.45) is 4.99 Å². The molecule has 1 saturated heterocycles. The van der Waals surface area contributed by atoms with E-state index in [0.717, 1.165) is 30.1 Å². The Morgan fingerprint density at radius 3 is 2.47 bits per heavy atom. The largest absolute Gasteiger partial charge is 0.474 e. The van der Waals surface area contributed by atoms with Crippen LogP contribution in [0.2, 0.25) is 0 Å². The zero-order chi connectivity index (χ0) is 25.1. The van der Waals surface area contributed by atoms with Gasteiger partial charge in [-0.25, -0.2) is 8.42 Å². The molecule has 3 aliphatic rings. The van der Waals surface area contributed by atoms with E-state index in [1.165, 1.54) is 11.1 Å². The van der Waals surface area contributed by atoms with Crippen molar-refractivity contribution >= 4 is 26.8 Å². The first-order chi connectivity index (χ1) is 15.8. The fraction of sp³-hybridized carbons (Fsp3) is 0.741. The van der Waals surface area contributed by atoms with Gasteiger partial charge < -0.3 is 4.74 Å². The molecule has 190 valence electrons. The molecular formula is C27H42N2O3S2. The fourth-order valence-electron chi connectivity index (χ4n) is 5.48.